The van der Waals surface area contributed by atoms with Crippen LogP contribution >= 0.6 is 23.2 Å². The average molecular weight is 291 g/mol. The summed E-state index contributed by atoms with van der Waals surface area (Å²) < 4.78 is 0. The molecular weight excluding hydrogens is 279 g/mol. The number of hydrogen-bond donors (Lipinski definition) is 0. The maximum atomic E-state index is 12.0. The van der Waals surface area contributed by atoms with Crippen molar-refractivity contribution in [2.24, 2.45) is 0 Å². The van der Waals surface area contributed by atoms with Crippen LogP contribution in [0.15, 0.2) is 48.5 Å². The first-order valence-electron chi connectivity index (χ1n) is 5.80. The third-order valence-electron chi connectivity index (χ3n) is 2.68. The number of aryl methyl sites for hydroxylation is 1. The van der Waals surface area contributed by atoms with Crippen LogP contribution in [0, 0.1) is 6.92 Å². The van der Waals surface area contributed by atoms with Gasteiger partial charge in [-0.15, -0.1) is 0 Å². The summed E-state index contributed by atoms with van der Waals surface area (Å²) >= 11 is 11.9. The van der Waals surface area contributed by atoms with Gasteiger partial charge in [0.05, 0.1) is 0 Å². The van der Waals surface area contributed by atoms with Gasteiger partial charge in [0.25, 0.3) is 0 Å². The highest BCUT2D eigenvalue weighted by Gasteiger charge is 2.02. The molecule has 3 heteroatoms. The molecule has 0 radical (unpaired) electrons. The van der Waals surface area contributed by atoms with Gasteiger partial charge in [0.1, 0.15) is 0 Å². The molecule has 96 valence electrons. The van der Waals surface area contributed by atoms with Gasteiger partial charge >= 0.3 is 0 Å². The van der Waals surface area contributed by atoms with Crippen molar-refractivity contribution < 1.29 is 4.79 Å². The van der Waals surface area contributed by atoms with Crippen molar-refractivity contribution in [3.63, 3.8) is 0 Å². The molecule has 0 fully saturated rings. The van der Waals surface area contributed by atoms with Crippen LogP contribution in [0.3, 0.4) is 0 Å². The van der Waals surface area contributed by atoms with Gasteiger partial charge in [0, 0.05) is 15.6 Å². The molecule has 0 atom stereocenters. The molecule has 0 amide bonds. The lowest BCUT2D eigenvalue weighted by atomic mass is 10.1. The summed E-state index contributed by atoms with van der Waals surface area (Å²) in [5.41, 5.74) is 2.50. The predicted molar refractivity (Wildman–Crippen MR) is 81.0 cm³/mol. The Labute approximate surface area is 122 Å². The molecule has 0 aromatic heterocycles. The first kappa shape index (κ1) is 13.9. The highest BCUT2D eigenvalue weighted by atomic mass is 35.5. The van der Waals surface area contributed by atoms with Crippen LogP contribution in [0.25, 0.3) is 6.08 Å². The van der Waals surface area contributed by atoms with E-state index in [-0.39, 0.29) is 5.78 Å². The second-order valence-corrected chi connectivity index (χ2v) is 5.08. The largest absolute Gasteiger partial charge is 0.289 e. The molecule has 0 unspecified atom stereocenters. The average Bonchev–Trinajstić information content (AvgIpc) is 2.37. The first-order valence-corrected chi connectivity index (χ1v) is 6.56. The Kier molecular flexibility index (Phi) is 4.41. The minimum absolute atomic E-state index is 0.0466. The summed E-state index contributed by atoms with van der Waals surface area (Å²) in [6.07, 6.45) is 3.22. The molecule has 0 spiro atoms. The van der Waals surface area contributed by atoms with Crippen LogP contribution in [0.4, 0.5) is 0 Å². The quantitative estimate of drug-likeness (QED) is 0.561. The minimum atomic E-state index is -0.0466. The lowest BCUT2D eigenvalue weighted by Gasteiger charge is -2.00. The van der Waals surface area contributed by atoms with Gasteiger partial charge in [-0.1, -0.05) is 53.0 Å². The monoisotopic (exact) mass is 290 g/mol. The number of hydrogen-bond acceptors (Lipinski definition) is 1. The number of ketones is 1. The Morgan fingerprint density at radius 3 is 2.58 bits per heavy atom. The zero-order valence-electron chi connectivity index (χ0n) is 10.4. The molecule has 0 aliphatic carbocycles. The van der Waals surface area contributed by atoms with E-state index in [1.165, 1.54) is 6.08 Å². The van der Waals surface area contributed by atoms with Crippen molar-refractivity contribution in [1.82, 2.24) is 0 Å². The molecule has 0 saturated carbocycles. The molecule has 0 aliphatic heterocycles. The standard InChI is InChI=1S/C16H12Cl2O/c1-11-3-2-4-13(9-11)16(19)8-6-12-5-7-14(17)10-15(12)18/h2-10H,1H3/b8-6+. The summed E-state index contributed by atoms with van der Waals surface area (Å²) in [5.74, 6) is -0.0466. The summed E-state index contributed by atoms with van der Waals surface area (Å²) in [6, 6.07) is 12.6. The zero-order chi connectivity index (χ0) is 13.8. The SMILES string of the molecule is Cc1cccc(C(=O)/C=C/c2ccc(Cl)cc2Cl)c1. The predicted octanol–water partition coefficient (Wildman–Crippen LogP) is 5.20. The Hall–Kier alpha value is -1.57. The maximum Gasteiger partial charge on any atom is 0.185 e. The minimum Gasteiger partial charge on any atom is -0.289 e. The van der Waals surface area contributed by atoms with E-state index < -0.39 is 0 Å². The summed E-state index contributed by atoms with van der Waals surface area (Å²) in [4.78, 5) is 12.0. The van der Waals surface area contributed by atoms with Gasteiger partial charge in [-0.05, 0) is 42.8 Å². The number of allylic oxidation sites excluding steroid dienone is 1. The Morgan fingerprint density at radius 2 is 1.89 bits per heavy atom. The second-order valence-electron chi connectivity index (χ2n) is 4.23. The van der Waals surface area contributed by atoms with Crippen LogP contribution in [0.1, 0.15) is 21.5 Å². The lowest BCUT2D eigenvalue weighted by Crippen LogP contribution is -1.94. The molecule has 2 rings (SSSR count). The van der Waals surface area contributed by atoms with Crippen molar-refractivity contribution in [2.75, 3.05) is 0 Å². The summed E-state index contributed by atoms with van der Waals surface area (Å²) in [7, 11) is 0. The molecule has 0 saturated heterocycles. The van der Waals surface area contributed by atoms with Gasteiger partial charge < -0.3 is 0 Å². The van der Waals surface area contributed by atoms with E-state index >= 15 is 0 Å². The van der Waals surface area contributed by atoms with Gasteiger partial charge in [0.15, 0.2) is 5.78 Å². The molecule has 2 aromatic carbocycles. The Balaban J connectivity index is 2.21. The smallest absolute Gasteiger partial charge is 0.185 e. The van der Waals surface area contributed by atoms with E-state index in [2.05, 4.69) is 0 Å². The zero-order valence-corrected chi connectivity index (χ0v) is 11.9. The molecule has 0 heterocycles. The van der Waals surface area contributed by atoms with E-state index in [9.17, 15) is 4.79 Å². The van der Waals surface area contributed by atoms with Crippen molar-refractivity contribution in [3.8, 4) is 0 Å². The number of carbonyl (C=O) groups excluding carboxylic acids is 1. The fourth-order valence-electron chi connectivity index (χ4n) is 1.70. The molecule has 0 aliphatic rings. The molecule has 19 heavy (non-hydrogen) atoms. The number of halogens is 2. The maximum absolute atomic E-state index is 12.0. The van der Waals surface area contributed by atoms with Crippen molar-refractivity contribution in [3.05, 3.63) is 75.3 Å². The van der Waals surface area contributed by atoms with Gasteiger partial charge in [-0.3, -0.25) is 4.79 Å². The normalized spacial score (nSPS) is 10.9. The van der Waals surface area contributed by atoms with E-state index in [1.54, 1.807) is 30.3 Å². The van der Waals surface area contributed by atoms with E-state index in [1.807, 2.05) is 25.1 Å². The number of benzene rings is 2. The van der Waals surface area contributed by atoms with Crippen molar-refractivity contribution in [2.45, 2.75) is 6.92 Å². The van der Waals surface area contributed by atoms with Crippen LogP contribution in [0.5, 0.6) is 0 Å². The molecule has 0 bridgehead atoms. The van der Waals surface area contributed by atoms with Crippen molar-refractivity contribution >= 4 is 35.1 Å². The molecule has 2 aromatic rings. The summed E-state index contributed by atoms with van der Waals surface area (Å²) in [5, 5.41) is 1.10. The second kappa shape index (κ2) is 6.05. The Morgan fingerprint density at radius 1 is 1.11 bits per heavy atom. The molecule has 0 N–H and O–H groups in total. The van der Waals surface area contributed by atoms with E-state index in [0.717, 1.165) is 11.1 Å². The lowest BCUT2D eigenvalue weighted by molar-refractivity contribution is 0.104. The third-order valence-corrected chi connectivity index (χ3v) is 3.24. The van der Waals surface area contributed by atoms with Crippen LogP contribution in [0.2, 0.25) is 10.0 Å². The molecule has 1 nitrogen and oxygen atoms in total. The molecular formula is C16H12Cl2O. The van der Waals surface area contributed by atoms with Gasteiger partial charge in [-0.2, -0.15) is 0 Å². The topological polar surface area (TPSA) is 17.1 Å². The van der Waals surface area contributed by atoms with Gasteiger partial charge in [0.2, 0.25) is 0 Å². The Bertz CT molecular complexity index is 645. The fourth-order valence-corrected chi connectivity index (χ4v) is 2.17. The highest BCUT2D eigenvalue weighted by Crippen LogP contribution is 2.22. The number of carbonyl (C=O) groups is 1. The van der Waals surface area contributed by atoms with E-state index in [0.29, 0.717) is 15.6 Å². The highest BCUT2D eigenvalue weighted by molar-refractivity contribution is 6.35. The first-order chi connectivity index (χ1) is 9.06. The third kappa shape index (κ3) is 3.69. The van der Waals surface area contributed by atoms with E-state index in [4.69, 9.17) is 23.2 Å². The van der Waals surface area contributed by atoms with Crippen molar-refractivity contribution in [1.29, 1.82) is 0 Å². The fraction of sp³-hybridized carbons (Fsp3) is 0.0625. The number of rotatable bonds is 3. The van der Waals surface area contributed by atoms with Crippen LogP contribution in [-0.4, -0.2) is 5.78 Å². The van der Waals surface area contributed by atoms with Crippen LogP contribution in [-0.2, 0) is 0 Å². The van der Waals surface area contributed by atoms with Gasteiger partial charge in [-0.25, -0.2) is 0 Å². The van der Waals surface area contributed by atoms with Crippen LogP contribution < -0.4 is 0 Å². The summed E-state index contributed by atoms with van der Waals surface area (Å²) in [6.45, 7) is 1.95.